The van der Waals surface area contributed by atoms with Crippen molar-refractivity contribution >= 4 is 39.9 Å². The van der Waals surface area contributed by atoms with Crippen LogP contribution in [-0.4, -0.2) is 10.2 Å². The molecule has 6 heteroatoms. The third-order valence-corrected chi connectivity index (χ3v) is 3.06. The van der Waals surface area contributed by atoms with Crippen molar-refractivity contribution in [3.8, 4) is 0 Å². The Morgan fingerprint density at radius 2 is 2.25 bits per heavy atom. The molecule has 0 unspecified atom stereocenters. The molecule has 84 valence electrons. The molecule has 1 aromatic carbocycles. The molecule has 2 aromatic rings. The highest BCUT2D eigenvalue weighted by Gasteiger charge is 2.04. The Morgan fingerprint density at radius 1 is 1.44 bits per heavy atom. The number of hydrogen-bond acceptors (Lipinski definition) is 4. The predicted molar refractivity (Wildman–Crippen MR) is 70.5 cm³/mol. The Balaban J connectivity index is 2.04. The van der Waals surface area contributed by atoms with Gasteiger partial charge in [-0.3, -0.25) is 0 Å². The molecule has 0 bridgehead atoms. The van der Waals surface area contributed by atoms with E-state index in [0.717, 1.165) is 14.3 Å². The molecule has 16 heavy (non-hydrogen) atoms. The molecule has 0 radical (unpaired) electrons. The van der Waals surface area contributed by atoms with E-state index in [1.807, 2.05) is 18.2 Å². The van der Waals surface area contributed by atoms with Crippen LogP contribution in [0.25, 0.3) is 0 Å². The molecule has 0 saturated carbocycles. The minimum atomic E-state index is 0.512. The maximum absolute atomic E-state index is 5.86. The molecule has 0 spiro atoms. The van der Waals surface area contributed by atoms with Crippen LogP contribution in [0.3, 0.4) is 0 Å². The fraction of sp³-hybridized carbons (Fsp3) is 0.200. The van der Waals surface area contributed by atoms with Gasteiger partial charge in [0, 0.05) is 21.2 Å². The van der Waals surface area contributed by atoms with E-state index >= 15 is 0 Å². The molecule has 2 rings (SSSR count). The Kier molecular flexibility index (Phi) is 3.65. The topological polar surface area (TPSA) is 51.0 Å². The van der Waals surface area contributed by atoms with Crippen molar-refractivity contribution in [2.45, 2.75) is 13.5 Å². The lowest BCUT2D eigenvalue weighted by atomic mass is 10.3. The summed E-state index contributed by atoms with van der Waals surface area (Å²) >= 11 is 8.08. The second-order valence-electron chi connectivity index (χ2n) is 3.19. The van der Waals surface area contributed by atoms with Gasteiger partial charge in [0.1, 0.15) is 0 Å². The lowest BCUT2D eigenvalue weighted by Crippen LogP contribution is -2.01. The number of halogens is 2. The van der Waals surface area contributed by atoms with Gasteiger partial charge in [-0.15, -0.1) is 10.2 Å². The van der Waals surface area contributed by atoms with Crippen molar-refractivity contribution in [2.75, 3.05) is 5.32 Å². The average Bonchev–Trinajstić information content (AvgIpc) is 2.63. The molecule has 0 atom stereocenters. The Labute approximate surface area is 112 Å². The fourth-order valence-electron chi connectivity index (χ4n) is 1.21. The number of aryl methyl sites for hydroxylation is 1. The summed E-state index contributed by atoms with van der Waals surface area (Å²) in [6.45, 7) is 2.28. The zero-order chi connectivity index (χ0) is 11.5. The fourth-order valence-corrected chi connectivity index (χ4v) is 2.27. The van der Waals surface area contributed by atoms with Gasteiger partial charge >= 0.3 is 0 Å². The smallest absolute Gasteiger partial charge is 0.235 e. The van der Waals surface area contributed by atoms with E-state index in [2.05, 4.69) is 38.1 Å². The van der Waals surface area contributed by atoms with Gasteiger partial charge in [0.2, 0.25) is 11.8 Å². The van der Waals surface area contributed by atoms with Gasteiger partial charge in [-0.1, -0.05) is 11.6 Å². The first kappa shape index (κ1) is 11.7. The molecule has 1 N–H and O–H groups in total. The number of aromatic nitrogens is 2. The number of nitrogens with zero attached hydrogens (tertiary/aromatic N) is 2. The van der Waals surface area contributed by atoms with Gasteiger partial charge in [0.25, 0.3) is 0 Å². The number of hydrogen-bond donors (Lipinski definition) is 1. The van der Waals surface area contributed by atoms with E-state index in [4.69, 9.17) is 16.0 Å². The maximum Gasteiger partial charge on any atom is 0.235 e. The quantitative estimate of drug-likeness (QED) is 0.864. The Morgan fingerprint density at radius 3 is 2.88 bits per heavy atom. The predicted octanol–water partition coefficient (Wildman–Crippen LogP) is 3.25. The number of rotatable bonds is 3. The van der Waals surface area contributed by atoms with Crippen LogP contribution >= 0.6 is 34.2 Å². The summed E-state index contributed by atoms with van der Waals surface area (Å²) in [6, 6.07) is 5.65. The highest BCUT2D eigenvalue weighted by molar-refractivity contribution is 14.1. The molecule has 0 aliphatic carbocycles. The normalized spacial score (nSPS) is 10.4. The van der Waals surface area contributed by atoms with Gasteiger partial charge in [0.15, 0.2) is 0 Å². The van der Waals surface area contributed by atoms with Crippen LogP contribution in [0.5, 0.6) is 0 Å². The van der Waals surface area contributed by atoms with Crippen LogP contribution in [0, 0.1) is 10.5 Å². The lowest BCUT2D eigenvalue weighted by Gasteiger charge is -2.06. The van der Waals surface area contributed by atoms with Crippen molar-refractivity contribution < 1.29 is 4.42 Å². The van der Waals surface area contributed by atoms with E-state index in [9.17, 15) is 0 Å². The van der Waals surface area contributed by atoms with E-state index in [-0.39, 0.29) is 0 Å². The molecule has 0 amide bonds. The largest absolute Gasteiger partial charge is 0.424 e. The third kappa shape index (κ3) is 2.85. The summed E-state index contributed by atoms with van der Waals surface area (Å²) in [7, 11) is 0. The van der Waals surface area contributed by atoms with Gasteiger partial charge < -0.3 is 9.73 Å². The van der Waals surface area contributed by atoms with Crippen LogP contribution in [0.1, 0.15) is 11.8 Å². The summed E-state index contributed by atoms with van der Waals surface area (Å²) in [4.78, 5) is 0. The van der Waals surface area contributed by atoms with Gasteiger partial charge in [-0.05, 0) is 40.8 Å². The second-order valence-corrected chi connectivity index (χ2v) is 4.79. The maximum atomic E-state index is 5.86. The van der Waals surface area contributed by atoms with Crippen LogP contribution in [0.15, 0.2) is 22.6 Å². The molecule has 1 aromatic heterocycles. The number of nitrogens with one attached hydrogen (secondary N) is 1. The van der Waals surface area contributed by atoms with Crippen LogP contribution in [-0.2, 0) is 6.54 Å². The van der Waals surface area contributed by atoms with Gasteiger partial charge in [-0.25, -0.2) is 0 Å². The van der Waals surface area contributed by atoms with Crippen LogP contribution in [0.4, 0.5) is 5.69 Å². The minimum absolute atomic E-state index is 0.512. The van der Waals surface area contributed by atoms with Crippen molar-refractivity contribution in [3.63, 3.8) is 0 Å². The molecular formula is C10H9ClIN3O. The summed E-state index contributed by atoms with van der Waals surface area (Å²) in [6.07, 6.45) is 0. The molecular weight excluding hydrogens is 340 g/mol. The standard InChI is InChI=1S/C10H9ClIN3O/c1-6-14-15-10(16-6)5-13-9-3-2-7(11)4-8(9)12/h2-4,13H,5H2,1H3. The number of anilines is 1. The van der Waals surface area contributed by atoms with Crippen molar-refractivity contribution in [2.24, 2.45) is 0 Å². The monoisotopic (exact) mass is 349 g/mol. The molecule has 0 aliphatic heterocycles. The highest BCUT2D eigenvalue weighted by atomic mass is 127. The molecule has 4 nitrogen and oxygen atoms in total. The lowest BCUT2D eigenvalue weighted by molar-refractivity contribution is 0.475. The zero-order valence-corrected chi connectivity index (χ0v) is 11.4. The van der Waals surface area contributed by atoms with E-state index < -0.39 is 0 Å². The molecule has 0 aliphatic rings. The van der Waals surface area contributed by atoms with E-state index in [1.165, 1.54) is 0 Å². The van der Waals surface area contributed by atoms with Gasteiger partial charge in [0.05, 0.1) is 6.54 Å². The molecule has 0 fully saturated rings. The summed E-state index contributed by atoms with van der Waals surface area (Å²) < 4.78 is 6.31. The highest BCUT2D eigenvalue weighted by Crippen LogP contribution is 2.22. The van der Waals surface area contributed by atoms with Crippen molar-refractivity contribution in [1.82, 2.24) is 10.2 Å². The van der Waals surface area contributed by atoms with Crippen LogP contribution in [0.2, 0.25) is 5.02 Å². The first-order chi connectivity index (χ1) is 7.65. The van der Waals surface area contributed by atoms with Gasteiger partial charge in [-0.2, -0.15) is 0 Å². The Bertz CT molecular complexity index is 501. The van der Waals surface area contributed by atoms with E-state index in [0.29, 0.717) is 18.3 Å². The summed E-state index contributed by atoms with van der Waals surface area (Å²) in [5.74, 6) is 1.14. The van der Waals surface area contributed by atoms with Crippen molar-refractivity contribution in [3.05, 3.63) is 38.6 Å². The first-order valence-corrected chi connectivity index (χ1v) is 6.09. The van der Waals surface area contributed by atoms with Crippen LogP contribution < -0.4 is 5.32 Å². The number of benzene rings is 1. The average molecular weight is 350 g/mol. The van der Waals surface area contributed by atoms with Crippen molar-refractivity contribution in [1.29, 1.82) is 0 Å². The SMILES string of the molecule is Cc1nnc(CNc2ccc(Cl)cc2I)o1. The molecule has 0 saturated heterocycles. The third-order valence-electron chi connectivity index (χ3n) is 1.93. The summed E-state index contributed by atoms with van der Waals surface area (Å²) in [5, 5.41) is 11.6. The zero-order valence-electron chi connectivity index (χ0n) is 8.50. The minimum Gasteiger partial charge on any atom is -0.424 e. The summed E-state index contributed by atoms with van der Waals surface area (Å²) in [5.41, 5.74) is 1.00. The molecule has 1 heterocycles. The van der Waals surface area contributed by atoms with E-state index in [1.54, 1.807) is 6.92 Å². The Hall–Kier alpha value is -0.820. The first-order valence-electron chi connectivity index (χ1n) is 4.63. The second kappa shape index (κ2) is 5.01.